The molecule has 0 bridgehead atoms. The molecule has 0 spiro atoms. The standard InChI is InChI=1S/C51H44N2O2S2/c1-4-6-30-51(31-7-5-2)44-21-15-14-20-41(44)42-28-24-36(32-45(42)51)43-34-48(57-49(43)47-29-27-40(56-47)33-46(52-3)50(54)55)35-22-25-39(26-23-35)53(37-16-10-8-11-17-37)38-18-12-9-13-19-38/h8-29,32-34H,4-7,30-31H2,1-2H3,(H,54,55)/b46-33-. The quantitative estimate of drug-likeness (QED) is 0.0883. The number of anilines is 3. The van der Waals surface area contributed by atoms with Crippen LogP contribution in [0.1, 0.15) is 68.4 Å². The zero-order chi connectivity index (χ0) is 39.4. The first-order valence-electron chi connectivity index (χ1n) is 19.8. The lowest BCUT2D eigenvalue weighted by Gasteiger charge is -2.33. The number of hydrogen-bond acceptors (Lipinski definition) is 4. The van der Waals surface area contributed by atoms with Gasteiger partial charge in [0.1, 0.15) is 0 Å². The van der Waals surface area contributed by atoms with Gasteiger partial charge in [0.05, 0.1) is 11.4 Å². The monoisotopic (exact) mass is 780 g/mol. The first-order chi connectivity index (χ1) is 27.9. The van der Waals surface area contributed by atoms with Gasteiger partial charge in [-0.2, -0.15) is 0 Å². The summed E-state index contributed by atoms with van der Waals surface area (Å²) in [4.78, 5) is 21.3. The van der Waals surface area contributed by atoms with Crippen molar-refractivity contribution < 1.29 is 9.90 Å². The summed E-state index contributed by atoms with van der Waals surface area (Å²) in [6.45, 7) is 12.0. The molecule has 0 radical (unpaired) electrons. The van der Waals surface area contributed by atoms with Gasteiger partial charge in [-0.1, -0.05) is 124 Å². The summed E-state index contributed by atoms with van der Waals surface area (Å²) in [5, 5.41) is 9.58. The second-order valence-electron chi connectivity index (χ2n) is 14.7. The SMILES string of the molecule is [C-]#[N+]/C(=C\c1ccc(-c2sc(-c3ccc(N(c4ccccc4)c4ccccc4)cc3)cc2-c2ccc3c(c2)C(CCCC)(CCCC)c2ccccc2-3)s1)C(=O)O. The van der Waals surface area contributed by atoms with Crippen LogP contribution in [0.15, 0.2) is 151 Å². The first-order valence-corrected chi connectivity index (χ1v) is 21.4. The summed E-state index contributed by atoms with van der Waals surface area (Å²) in [5.41, 5.74) is 12.0. The highest BCUT2D eigenvalue weighted by Crippen LogP contribution is 2.56. The molecule has 0 atom stereocenters. The van der Waals surface area contributed by atoms with Crippen LogP contribution in [0.2, 0.25) is 0 Å². The molecule has 5 aromatic carbocycles. The van der Waals surface area contributed by atoms with Crippen molar-refractivity contribution >= 4 is 51.8 Å². The Morgan fingerprint density at radius 1 is 0.649 bits per heavy atom. The van der Waals surface area contributed by atoms with Crippen molar-refractivity contribution in [2.75, 3.05) is 4.90 Å². The Morgan fingerprint density at radius 2 is 1.25 bits per heavy atom. The normalized spacial score (nSPS) is 12.8. The van der Waals surface area contributed by atoms with Crippen LogP contribution in [0.4, 0.5) is 17.1 Å². The highest BCUT2D eigenvalue weighted by molar-refractivity contribution is 7.24. The highest BCUT2D eigenvalue weighted by Gasteiger charge is 2.42. The summed E-state index contributed by atoms with van der Waals surface area (Å²) < 4.78 is 0. The minimum absolute atomic E-state index is 0.0277. The molecule has 1 aliphatic rings. The molecular weight excluding hydrogens is 737 g/mol. The minimum atomic E-state index is -1.21. The fourth-order valence-electron chi connectivity index (χ4n) is 8.38. The molecule has 57 heavy (non-hydrogen) atoms. The Morgan fingerprint density at radius 3 is 1.88 bits per heavy atom. The lowest BCUT2D eigenvalue weighted by atomic mass is 9.70. The van der Waals surface area contributed by atoms with Crippen molar-refractivity contribution in [3.63, 3.8) is 0 Å². The number of fused-ring (bicyclic) bond motifs is 3. The number of para-hydroxylation sites is 2. The molecule has 0 saturated heterocycles. The molecule has 1 N–H and O–H groups in total. The molecule has 7 aromatic rings. The molecule has 282 valence electrons. The van der Waals surface area contributed by atoms with Crippen LogP contribution >= 0.6 is 22.7 Å². The third-order valence-corrected chi connectivity index (χ3v) is 13.5. The van der Waals surface area contributed by atoms with E-state index in [1.807, 2.05) is 18.2 Å². The molecule has 4 nitrogen and oxygen atoms in total. The van der Waals surface area contributed by atoms with Gasteiger partial charge in [-0.3, -0.25) is 4.79 Å². The number of rotatable bonds is 14. The fraction of sp³-hybridized carbons (Fsp3) is 0.176. The van der Waals surface area contributed by atoms with E-state index < -0.39 is 5.97 Å². The summed E-state index contributed by atoms with van der Waals surface area (Å²) in [6.07, 6.45) is 8.39. The van der Waals surface area contributed by atoms with Crippen LogP contribution in [0.25, 0.3) is 53.4 Å². The van der Waals surface area contributed by atoms with Crippen molar-refractivity contribution in [1.29, 1.82) is 0 Å². The summed E-state index contributed by atoms with van der Waals surface area (Å²) >= 11 is 3.28. The van der Waals surface area contributed by atoms with Crippen LogP contribution < -0.4 is 4.90 Å². The third kappa shape index (κ3) is 7.37. The van der Waals surface area contributed by atoms with Crippen molar-refractivity contribution in [1.82, 2.24) is 0 Å². The van der Waals surface area contributed by atoms with Gasteiger partial charge < -0.3 is 10.0 Å². The smallest absolute Gasteiger partial charge is 0.333 e. The molecule has 1 aliphatic carbocycles. The second kappa shape index (κ2) is 16.6. The molecular formula is C51H44N2O2S2. The van der Waals surface area contributed by atoms with E-state index in [-0.39, 0.29) is 11.1 Å². The van der Waals surface area contributed by atoms with Gasteiger partial charge in [0, 0.05) is 42.7 Å². The van der Waals surface area contributed by atoms with Crippen LogP contribution in [0.5, 0.6) is 0 Å². The molecule has 0 aliphatic heterocycles. The topological polar surface area (TPSA) is 44.9 Å². The number of carboxylic acids is 1. The molecule has 6 heteroatoms. The van der Waals surface area contributed by atoms with Gasteiger partial charge >= 0.3 is 5.97 Å². The van der Waals surface area contributed by atoms with E-state index in [0.717, 1.165) is 73.4 Å². The van der Waals surface area contributed by atoms with Crippen LogP contribution in [-0.4, -0.2) is 11.1 Å². The average Bonchev–Trinajstić information content (AvgIpc) is 3.98. The van der Waals surface area contributed by atoms with Crippen molar-refractivity contribution in [2.45, 2.75) is 57.8 Å². The Balaban J connectivity index is 1.26. The Hall–Kier alpha value is -6.00. The summed E-state index contributed by atoms with van der Waals surface area (Å²) in [6, 6.07) is 52.2. The van der Waals surface area contributed by atoms with Gasteiger partial charge in [0.15, 0.2) is 0 Å². The highest BCUT2D eigenvalue weighted by atomic mass is 32.1. The lowest BCUT2D eigenvalue weighted by Crippen LogP contribution is -2.25. The third-order valence-electron chi connectivity index (χ3n) is 11.1. The van der Waals surface area contributed by atoms with Crippen LogP contribution in [-0.2, 0) is 10.2 Å². The van der Waals surface area contributed by atoms with Gasteiger partial charge in [0.25, 0.3) is 5.70 Å². The number of carboxylic acid groups (broad SMARTS) is 1. The van der Waals surface area contributed by atoms with E-state index >= 15 is 0 Å². The predicted molar refractivity (Wildman–Crippen MR) is 241 cm³/mol. The molecule has 2 aromatic heterocycles. The predicted octanol–water partition coefficient (Wildman–Crippen LogP) is 15.3. The second-order valence-corrected chi connectivity index (χ2v) is 16.8. The van der Waals surface area contributed by atoms with Crippen LogP contribution in [0, 0.1) is 6.57 Å². The largest absolute Gasteiger partial charge is 0.486 e. The number of nitrogens with zero attached hydrogens (tertiary/aromatic N) is 2. The number of aliphatic carboxylic acids is 1. The zero-order valence-electron chi connectivity index (χ0n) is 32.2. The maximum absolute atomic E-state index is 11.7. The Bertz CT molecular complexity index is 2550. The van der Waals surface area contributed by atoms with Gasteiger partial charge in [-0.05, 0) is 113 Å². The maximum atomic E-state index is 11.7. The summed E-state index contributed by atoms with van der Waals surface area (Å²) in [5.74, 6) is -1.21. The average molecular weight is 781 g/mol. The lowest BCUT2D eigenvalue weighted by molar-refractivity contribution is -0.132. The van der Waals surface area contributed by atoms with E-state index in [1.165, 1.54) is 58.1 Å². The Kier molecular flexibility index (Phi) is 11.0. The summed E-state index contributed by atoms with van der Waals surface area (Å²) in [7, 11) is 0. The van der Waals surface area contributed by atoms with Gasteiger partial charge in [0.2, 0.25) is 0 Å². The van der Waals surface area contributed by atoms with E-state index in [2.05, 4.69) is 151 Å². The van der Waals surface area contributed by atoms with Crippen LogP contribution in [0.3, 0.4) is 0 Å². The molecule has 0 unspecified atom stereocenters. The van der Waals surface area contributed by atoms with E-state index in [1.54, 1.807) is 11.3 Å². The number of unbranched alkanes of at least 4 members (excludes halogenated alkanes) is 2. The Labute approximate surface area is 343 Å². The fourth-order valence-corrected chi connectivity index (χ4v) is 10.6. The van der Waals surface area contributed by atoms with Crippen molar-refractivity contribution in [2.24, 2.45) is 0 Å². The van der Waals surface area contributed by atoms with Gasteiger partial charge in [-0.25, -0.2) is 4.85 Å². The molecule has 0 amide bonds. The van der Waals surface area contributed by atoms with E-state index in [0.29, 0.717) is 0 Å². The molecule has 2 heterocycles. The van der Waals surface area contributed by atoms with E-state index in [9.17, 15) is 9.90 Å². The molecule has 0 saturated carbocycles. The molecule has 0 fully saturated rings. The number of benzene rings is 5. The van der Waals surface area contributed by atoms with Gasteiger partial charge in [-0.15, -0.1) is 22.7 Å². The first kappa shape index (κ1) is 37.9. The number of thiophene rings is 2. The maximum Gasteiger partial charge on any atom is 0.333 e. The number of carbonyl (C=O) groups is 1. The van der Waals surface area contributed by atoms with E-state index in [4.69, 9.17) is 6.57 Å². The minimum Gasteiger partial charge on any atom is -0.486 e. The molecule has 8 rings (SSSR count). The van der Waals surface area contributed by atoms with Crippen molar-refractivity contribution in [3.05, 3.63) is 179 Å². The van der Waals surface area contributed by atoms with Crippen molar-refractivity contribution in [3.8, 4) is 42.4 Å². The number of hydrogen-bond donors (Lipinski definition) is 1. The zero-order valence-corrected chi connectivity index (χ0v) is 33.9.